The molecule has 1 aliphatic rings. The average molecular weight is 214 g/mol. The molecule has 0 aromatic carbocycles. The summed E-state index contributed by atoms with van der Waals surface area (Å²) in [5.41, 5.74) is 5.10. The van der Waals surface area contributed by atoms with Gasteiger partial charge in [-0.2, -0.15) is 0 Å². The summed E-state index contributed by atoms with van der Waals surface area (Å²) in [6.07, 6.45) is 3.61. The summed E-state index contributed by atoms with van der Waals surface area (Å²) in [6, 6.07) is 0.397. The molecule has 0 heterocycles. The Balaban J connectivity index is 2.46. The molecule has 88 valence electrons. The quantitative estimate of drug-likeness (QED) is 0.619. The highest BCUT2D eigenvalue weighted by atomic mass is 16.3. The second kappa shape index (κ2) is 4.94. The molecule has 4 heteroatoms. The highest BCUT2D eigenvalue weighted by Crippen LogP contribution is 2.37. The van der Waals surface area contributed by atoms with Gasteiger partial charge in [-0.05, 0) is 19.8 Å². The molecule has 1 aliphatic carbocycles. The second-order valence-electron chi connectivity index (χ2n) is 5.00. The molecule has 4 nitrogen and oxygen atoms in total. The lowest BCUT2D eigenvalue weighted by Gasteiger charge is -2.32. The van der Waals surface area contributed by atoms with Crippen molar-refractivity contribution in [2.75, 3.05) is 6.61 Å². The van der Waals surface area contributed by atoms with E-state index >= 15 is 0 Å². The Kier molecular flexibility index (Phi) is 4.11. The van der Waals surface area contributed by atoms with Crippen LogP contribution in [0.3, 0.4) is 0 Å². The van der Waals surface area contributed by atoms with Gasteiger partial charge in [0.15, 0.2) is 0 Å². The molecule has 0 radical (unpaired) electrons. The molecule has 15 heavy (non-hydrogen) atoms. The average Bonchev–Trinajstić information content (AvgIpc) is 2.47. The van der Waals surface area contributed by atoms with Crippen molar-refractivity contribution in [3.63, 3.8) is 0 Å². The SMILES string of the molecule is CC(CC(N)=O)NC1CCCC1(C)CO. The van der Waals surface area contributed by atoms with Crippen molar-refractivity contribution in [3.8, 4) is 0 Å². The first-order chi connectivity index (χ1) is 6.98. The van der Waals surface area contributed by atoms with E-state index in [2.05, 4.69) is 12.2 Å². The second-order valence-corrected chi connectivity index (χ2v) is 5.00. The normalized spacial score (nSPS) is 32.9. The van der Waals surface area contributed by atoms with Crippen LogP contribution in [0.15, 0.2) is 0 Å². The van der Waals surface area contributed by atoms with E-state index in [0.29, 0.717) is 12.5 Å². The molecular formula is C11H22N2O2. The lowest BCUT2D eigenvalue weighted by atomic mass is 9.85. The van der Waals surface area contributed by atoms with Crippen LogP contribution in [0.25, 0.3) is 0 Å². The maximum atomic E-state index is 10.7. The number of nitrogens with one attached hydrogen (secondary N) is 1. The largest absolute Gasteiger partial charge is 0.396 e. The van der Waals surface area contributed by atoms with E-state index in [1.165, 1.54) is 0 Å². The Morgan fingerprint density at radius 3 is 2.93 bits per heavy atom. The van der Waals surface area contributed by atoms with Crippen LogP contribution >= 0.6 is 0 Å². The van der Waals surface area contributed by atoms with Crippen LogP contribution < -0.4 is 11.1 Å². The van der Waals surface area contributed by atoms with E-state index in [-0.39, 0.29) is 24.0 Å². The third-order valence-electron chi connectivity index (χ3n) is 3.44. The van der Waals surface area contributed by atoms with Crippen molar-refractivity contribution in [2.45, 2.75) is 51.6 Å². The number of hydrogen-bond donors (Lipinski definition) is 3. The van der Waals surface area contributed by atoms with Crippen molar-refractivity contribution in [1.82, 2.24) is 5.32 Å². The third kappa shape index (κ3) is 3.18. The van der Waals surface area contributed by atoms with E-state index in [0.717, 1.165) is 19.3 Å². The van der Waals surface area contributed by atoms with Gasteiger partial charge in [0.2, 0.25) is 5.91 Å². The van der Waals surface area contributed by atoms with Crippen LogP contribution in [0.5, 0.6) is 0 Å². The number of hydrogen-bond acceptors (Lipinski definition) is 3. The van der Waals surface area contributed by atoms with Gasteiger partial charge in [0.05, 0.1) is 0 Å². The predicted molar refractivity (Wildman–Crippen MR) is 59.2 cm³/mol. The van der Waals surface area contributed by atoms with Crippen LogP contribution in [0, 0.1) is 5.41 Å². The molecule has 1 amide bonds. The van der Waals surface area contributed by atoms with E-state index in [1.54, 1.807) is 0 Å². The number of rotatable bonds is 5. The zero-order valence-electron chi connectivity index (χ0n) is 9.62. The predicted octanol–water partition coefficient (Wildman–Crippen LogP) is 0.391. The van der Waals surface area contributed by atoms with Crippen LogP contribution in [-0.4, -0.2) is 29.7 Å². The summed E-state index contributed by atoms with van der Waals surface area (Å²) in [5.74, 6) is -0.279. The van der Waals surface area contributed by atoms with Gasteiger partial charge in [0.25, 0.3) is 0 Å². The van der Waals surface area contributed by atoms with Gasteiger partial charge >= 0.3 is 0 Å². The van der Waals surface area contributed by atoms with Gasteiger partial charge in [-0.15, -0.1) is 0 Å². The Bertz CT molecular complexity index is 233. The first-order valence-electron chi connectivity index (χ1n) is 5.63. The minimum Gasteiger partial charge on any atom is -0.396 e. The molecule has 0 aliphatic heterocycles. The van der Waals surface area contributed by atoms with Gasteiger partial charge < -0.3 is 16.2 Å². The molecule has 0 spiro atoms. The molecule has 4 N–H and O–H groups in total. The Morgan fingerprint density at radius 1 is 1.73 bits per heavy atom. The third-order valence-corrected chi connectivity index (χ3v) is 3.44. The number of amides is 1. The van der Waals surface area contributed by atoms with Gasteiger partial charge in [-0.25, -0.2) is 0 Å². The number of primary amides is 1. The zero-order chi connectivity index (χ0) is 11.5. The molecule has 3 atom stereocenters. The highest BCUT2D eigenvalue weighted by Gasteiger charge is 2.38. The van der Waals surface area contributed by atoms with Crippen LogP contribution in [0.1, 0.15) is 39.5 Å². The van der Waals surface area contributed by atoms with Crippen molar-refractivity contribution < 1.29 is 9.90 Å². The fourth-order valence-electron chi connectivity index (χ4n) is 2.41. The van der Waals surface area contributed by atoms with E-state index in [4.69, 9.17) is 5.73 Å². The summed E-state index contributed by atoms with van der Waals surface area (Å²) >= 11 is 0. The fourth-order valence-corrected chi connectivity index (χ4v) is 2.41. The number of aliphatic hydroxyl groups is 1. The summed E-state index contributed by atoms with van der Waals surface area (Å²) in [5, 5.41) is 12.7. The molecule has 3 unspecified atom stereocenters. The summed E-state index contributed by atoms with van der Waals surface area (Å²) in [6.45, 7) is 4.25. The van der Waals surface area contributed by atoms with Crippen LogP contribution in [-0.2, 0) is 4.79 Å². The van der Waals surface area contributed by atoms with E-state index < -0.39 is 0 Å². The minimum absolute atomic E-state index is 0.0358. The van der Waals surface area contributed by atoms with E-state index in [1.807, 2.05) is 6.92 Å². The molecule has 0 saturated heterocycles. The first-order valence-corrected chi connectivity index (χ1v) is 5.63. The summed E-state index contributed by atoms with van der Waals surface area (Å²) < 4.78 is 0. The van der Waals surface area contributed by atoms with Gasteiger partial charge in [-0.1, -0.05) is 13.3 Å². The topological polar surface area (TPSA) is 75.4 Å². The number of carbonyl (C=O) groups is 1. The molecule has 0 aromatic rings. The first kappa shape index (κ1) is 12.5. The van der Waals surface area contributed by atoms with Crippen LogP contribution in [0.2, 0.25) is 0 Å². The Morgan fingerprint density at radius 2 is 2.40 bits per heavy atom. The smallest absolute Gasteiger partial charge is 0.218 e. The fraction of sp³-hybridized carbons (Fsp3) is 0.909. The van der Waals surface area contributed by atoms with Crippen molar-refractivity contribution in [2.24, 2.45) is 11.1 Å². The van der Waals surface area contributed by atoms with E-state index in [9.17, 15) is 9.90 Å². The monoisotopic (exact) mass is 214 g/mol. The van der Waals surface area contributed by atoms with Crippen molar-refractivity contribution in [1.29, 1.82) is 0 Å². The number of aliphatic hydroxyl groups excluding tert-OH is 1. The van der Waals surface area contributed by atoms with Gasteiger partial charge in [0.1, 0.15) is 0 Å². The lowest BCUT2D eigenvalue weighted by Crippen LogP contribution is -2.46. The molecule has 0 bridgehead atoms. The minimum atomic E-state index is -0.279. The zero-order valence-corrected chi connectivity index (χ0v) is 9.62. The van der Waals surface area contributed by atoms with Gasteiger partial charge in [0, 0.05) is 30.5 Å². The number of carbonyl (C=O) groups excluding carboxylic acids is 1. The number of nitrogens with two attached hydrogens (primary N) is 1. The molecule has 0 aromatic heterocycles. The van der Waals surface area contributed by atoms with Crippen molar-refractivity contribution in [3.05, 3.63) is 0 Å². The molecule has 1 saturated carbocycles. The Hall–Kier alpha value is -0.610. The maximum Gasteiger partial charge on any atom is 0.218 e. The molecule has 1 fully saturated rings. The standard InChI is InChI=1S/C11H22N2O2/c1-8(6-10(12)15)13-9-4-3-5-11(9,2)7-14/h8-9,13-14H,3-7H2,1-2H3,(H2,12,15). The molecule has 1 rings (SSSR count). The van der Waals surface area contributed by atoms with Crippen LogP contribution in [0.4, 0.5) is 0 Å². The van der Waals surface area contributed by atoms with Crippen molar-refractivity contribution >= 4 is 5.91 Å². The maximum absolute atomic E-state index is 10.7. The lowest BCUT2D eigenvalue weighted by molar-refractivity contribution is -0.118. The Labute approximate surface area is 91.2 Å². The summed E-state index contributed by atoms with van der Waals surface area (Å²) in [7, 11) is 0. The molecular weight excluding hydrogens is 192 g/mol. The summed E-state index contributed by atoms with van der Waals surface area (Å²) in [4.78, 5) is 10.7. The van der Waals surface area contributed by atoms with Gasteiger partial charge in [-0.3, -0.25) is 4.79 Å². The highest BCUT2D eigenvalue weighted by molar-refractivity contribution is 5.74.